The summed E-state index contributed by atoms with van der Waals surface area (Å²) >= 11 is 0. The molecule has 1 amide bonds. The van der Waals surface area contributed by atoms with Crippen LogP contribution in [0.5, 0.6) is 0 Å². The van der Waals surface area contributed by atoms with Crippen molar-refractivity contribution in [3.63, 3.8) is 0 Å². The van der Waals surface area contributed by atoms with Gasteiger partial charge in [-0.25, -0.2) is 9.78 Å². The standard InChI is InChI=1S/C11H17N3O3/c1-2-17-11(16)10(15)13-5-3-4-7-14-8-6-12-9-14/h6,8-9H,2-5,7H2,1H3,(H,13,15). The molecule has 0 unspecified atom stereocenters. The topological polar surface area (TPSA) is 73.2 Å². The van der Waals surface area contributed by atoms with Crippen LogP contribution in [-0.4, -0.2) is 34.6 Å². The first kappa shape index (κ1) is 13.2. The fourth-order valence-electron chi connectivity index (χ4n) is 1.31. The number of hydrogen-bond acceptors (Lipinski definition) is 4. The van der Waals surface area contributed by atoms with Crippen molar-refractivity contribution in [2.75, 3.05) is 13.2 Å². The summed E-state index contributed by atoms with van der Waals surface area (Å²) in [5.74, 6) is -1.49. The van der Waals surface area contributed by atoms with Crippen molar-refractivity contribution in [3.8, 4) is 0 Å². The molecule has 0 spiro atoms. The molecule has 0 aliphatic heterocycles. The summed E-state index contributed by atoms with van der Waals surface area (Å²) in [6.07, 6.45) is 7.08. The van der Waals surface area contributed by atoms with Crippen LogP contribution in [0.2, 0.25) is 0 Å². The molecule has 0 atom stereocenters. The van der Waals surface area contributed by atoms with Gasteiger partial charge in [0.05, 0.1) is 12.9 Å². The summed E-state index contributed by atoms with van der Waals surface area (Å²) < 4.78 is 6.52. The molecule has 17 heavy (non-hydrogen) atoms. The van der Waals surface area contributed by atoms with Crippen molar-refractivity contribution in [1.82, 2.24) is 14.9 Å². The highest BCUT2D eigenvalue weighted by atomic mass is 16.5. The SMILES string of the molecule is CCOC(=O)C(=O)NCCCCn1ccnc1. The Morgan fingerprint density at radius 1 is 1.41 bits per heavy atom. The van der Waals surface area contributed by atoms with Gasteiger partial charge in [-0.3, -0.25) is 4.79 Å². The number of esters is 1. The number of unbranched alkanes of at least 4 members (excludes halogenated alkanes) is 1. The van der Waals surface area contributed by atoms with Gasteiger partial charge in [-0.1, -0.05) is 0 Å². The number of aromatic nitrogens is 2. The van der Waals surface area contributed by atoms with E-state index in [2.05, 4.69) is 15.0 Å². The Morgan fingerprint density at radius 3 is 2.88 bits per heavy atom. The largest absolute Gasteiger partial charge is 0.459 e. The van der Waals surface area contributed by atoms with E-state index in [1.54, 1.807) is 19.4 Å². The zero-order valence-corrected chi connectivity index (χ0v) is 9.89. The van der Waals surface area contributed by atoms with Gasteiger partial charge in [-0.05, 0) is 19.8 Å². The molecule has 1 rings (SSSR count). The maximum Gasteiger partial charge on any atom is 0.396 e. The molecular weight excluding hydrogens is 222 g/mol. The smallest absolute Gasteiger partial charge is 0.396 e. The van der Waals surface area contributed by atoms with E-state index in [-0.39, 0.29) is 6.61 Å². The van der Waals surface area contributed by atoms with Gasteiger partial charge in [0.25, 0.3) is 0 Å². The Balaban J connectivity index is 2.04. The number of hydrogen-bond donors (Lipinski definition) is 1. The van der Waals surface area contributed by atoms with Gasteiger partial charge in [0.2, 0.25) is 0 Å². The molecule has 0 aliphatic carbocycles. The van der Waals surface area contributed by atoms with Gasteiger partial charge >= 0.3 is 11.9 Å². The Bertz CT molecular complexity index is 349. The molecular formula is C11H17N3O3. The van der Waals surface area contributed by atoms with Crippen molar-refractivity contribution in [3.05, 3.63) is 18.7 Å². The minimum atomic E-state index is -0.817. The number of imidazole rings is 1. The monoisotopic (exact) mass is 239 g/mol. The molecule has 6 nitrogen and oxygen atoms in total. The first-order valence-corrected chi connectivity index (χ1v) is 5.64. The Labute approximate surface area is 100.0 Å². The van der Waals surface area contributed by atoms with Crippen molar-refractivity contribution in [2.24, 2.45) is 0 Å². The van der Waals surface area contributed by atoms with Crippen LogP contribution in [0, 0.1) is 0 Å². The van der Waals surface area contributed by atoms with Crippen molar-refractivity contribution >= 4 is 11.9 Å². The van der Waals surface area contributed by atoms with Crippen LogP contribution in [-0.2, 0) is 20.9 Å². The zero-order chi connectivity index (χ0) is 12.5. The van der Waals surface area contributed by atoms with Crippen LogP contribution >= 0.6 is 0 Å². The van der Waals surface area contributed by atoms with Gasteiger partial charge in [-0.15, -0.1) is 0 Å². The van der Waals surface area contributed by atoms with E-state index in [1.807, 2.05) is 10.8 Å². The lowest BCUT2D eigenvalue weighted by molar-refractivity contribution is -0.154. The predicted molar refractivity (Wildman–Crippen MR) is 61.1 cm³/mol. The maximum atomic E-state index is 11.1. The normalized spacial score (nSPS) is 9.94. The molecule has 0 saturated heterocycles. The van der Waals surface area contributed by atoms with E-state index < -0.39 is 11.9 Å². The summed E-state index contributed by atoms with van der Waals surface area (Å²) in [5, 5.41) is 2.51. The molecule has 1 aromatic heterocycles. The average Bonchev–Trinajstić information content (AvgIpc) is 2.81. The van der Waals surface area contributed by atoms with E-state index in [4.69, 9.17) is 0 Å². The number of amides is 1. The highest BCUT2D eigenvalue weighted by Gasteiger charge is 2.12. The quantitative estimate of drug-likeness (QED) is 0.441. The molecule has 1 heterocycles. The Morgan fingerprint density at radius 2 is 2.24 bits per heavy atom. The number of carbonyl (C=O) groups excluding carboxylic acids is 2. The number of nitrogens with one attached hydrogen (secondary N) is 1. The molecule has 0 radical (unpaired) electrons. The van der Waals surface area contributed by atoms with E-state index >= 15 is 0 Å². The number of carbonyl (C=O) groups is 2. The molecule has 6 heteroatoms. The van der Waals surface area contributed by atoms with Crippen molar-refractivity contribution in [2.45, 2.75) is 26.3 Å². The van der Waals surface area contributed by atoms with Gasteiger partial charge in [0.1, 0.15) is 0 Å². The second-order valence-electron chi connectivity index (χ2n) is 3.48. The molecule has 94 valence electrons. The molecule has 0 bridgehead atoms. The summed E-state index contributed by atoms with van der Waals surface area (Å²) in [5.41, 5.74) is 0. The fraction of sp³-hybridized carbons (Fsp3) is 0.545. The third-order valence-electron chi connectivity index (χ3n) is 2.15. The zero-order valence-electron chi connectivity index (χ0n) is 9.89. The Kier molecular flexibility index (Phi) is 5.77. The van der Waals surface area contributed by atoms with E-state index in [0.717, 1.165) is 19.4 Å². The Hall–Kier alpha value is -1.85. The van der Waals surface area contributed by atoms with Crippen molar-refractivity contribution < 1.29 is 14.3 Å². The predicted octanol–water partition coefficient (Wildman–Crippen LogP) is 0.343. The van der Waals surface area contributed by atoms with Crippen LogP contribution < -0.4 is 5.32 Å². The summed E-state index contributed by atoms with van der Waals surface area (Å²) in [4.78, 5) is 26.0. The van der Waals surface area contributed by atoms with E-state index in [0.29, 0.717) is 6.54 Å². The number of rotatable bonds is 6. The van der Waals surface area contributed by atoms with Gasteiger partial charge in [-0.2, -0.15) is 0 Å². The van der Waals surface area contributed by atoms with Crippen molar-refractivity contribution in [1.29, 1.82) is 0 Å². The van der Waals surface area contributed by atoms with Crippen LogP contribution in [0.25, 0.3) is 0 Å². The first-order valence-electron chi connectivity index (χ1n) is 5.64. The average molecular weight is 239 g/mol. The molecule has 1 N–H and O–H groups in total. The summed E-state index contributed by atoms with van der Waals surface area (Å²) in [6, 6.07) is 0. The van der Waals surface area contributed by atoms with E-state index in [9.17, 15) is 9.59 Å². The summed E-state index contributed by atoms with van der Waals surface area (Å²) in [6.45, 7) is 3.21. The lowest BCUT2D eigenvalue weighted by Crippen LogP contribution is -2.33. The van der Waals surface area contributed by atoms with Gasteiger partial charge < -0.3 is 14.6 Å². The molecule has 0 fully saturated rings. The van der Waals surface area contributed by atoms with Gasteiger partial charge in [0, 0.05) is 25.5 Å². The molecule has 0 aromatic carbocycles. The lowest BCUT2D eigenvalue weighted by Gasteiger charge is -2.05. The third kappa shape index (κ3) is 5.14. The number of aryl methyl sites for hydroxylation is 1. The number of nitrogens with zero attached hydrogens (tertiary/aromatic N) is 2. The molecule has 0 saturated carbocycles. The summed E-state index contributed by atoms with van der Waals surface area (Å²) in [7, 11) is 0. The second-order valence-corrected chi connectivity index (χ2v) is 3.48. The second kappa shape index (κ2) is 7.43. The minimum absolute atomic E-state index is 0.215. The highest BCUT2D eigenvalue weighted by molar-refractivity contribution is 6.32. The van der Waals surface area contributed by atoms with Crippen LogP contribution in [0.3, 0.4) is 0 Å². The molecule has 1 aromatic rings. The number of ether oxygens (including phenoxy) is 1. The van der Waals surface area contributed by atoms with Crippen LogP contribution in [0.1, 0.15) is 19.8 Å². The van der Waals surface area contributed by atoms with Crippen LogP contribution in [0.15, 0.2) is 18.7 Å². The fourth-order valence-corrected chi connectivity index (χ4v) is 1.31. The lowest BCUT2D eigenvalue weighted by atomic mass is 10.3. The van der Waals surface area contributed by atoms with E-state index in [1.165, 1.54) is 0 Å². The third-order valence-corrected chi connectivity index (χ3v) is 2.15. The van der Waals surface area contributed by atoms with Crippen LogP contribution in [0.4, 0.5) is 0 Å². The van der Waals surface area contributed by atoms with Gasteiger partial charge in [0.15, 0.2) is 0 Å². The highest BCUT2D eigenvalue weighted by Crippen LogP contribution is 1.94. The maximum absolute atomic E-state index is 11.1. The minimum Gasteiger partial charge on any atom is -0.459 e. The first-order chi connectivity index (χ1) is 8.24. The molecule has 0 aliphatic rings.